The first-order valence-electron chi connectivity index (χ1n) is 8.92. The molecule has 2 aliphatic rings. The molecule has 0 spiro atoms. The first-order valence-corrected chi connectivity index (χ1v) is 8.92. The molecule has 3 aromatic rings. The lowest BCUT2D eigenvalue weighted by Gasteiger charge is -2.08. The Bertz CT molecular complexity index is 1230. The second-order valence-corrected chi connectivity index (χ2v) is 6.43. The van der Waals surface area contributed by atoms with Gasteiger partial charge in [-0.1, -0.05) is 48.6 Å². The van der Waals surface area contributed by atoms with Crippen LogP contribution in [0.1, 0.15) is 6.42 Å². The first kappa shape index (κ1) is 17.5. The number of carbonyl (C=O) groups excluding carboxylic acids is 1. The number of allylic oxidation sites excluding steroid dienone is 8. The Morgan fingerprint density at radius 1 is 0.893 bits per heavy atom. The summed E-state index contributed by atoms with van der Waals surface area (Å²) < 4.78 is 0. The molecule has 0 unspecified atom stereocenters. The molecule has 3 N–H and O–H groups in total. The minimum absolute atomic E-state index is 0.0682. The molecule has 1 aromatic carbocycles. The number of hydrogen-bond acceptors (Lipinski definition) is 5. The minimum Gasteiger partial charge on any atom is -0.384 e. The van der Waals surface area contributed by atoms with Gasteiger partial charge in [0.2, 0.25) is 5.78 Å². The first-order chi connectivity index (χ1) is 13.6. The number of nitrogens with one attached hydrogen (secondary N) is 1. The van der Waals surface area contributed by atoms with Crippen molar-refractivity contribution in [1.82, 2.24) is 9.97 Å². The summed E-state index contributed by atoms with van der Waals surface area (Å²) in [6, 6.07) is 11.8. The number of nitrogen functional groups attached to an aromatic ring is 1. The molecule has 0 radical (unpaired) electrons. The zero-order chi connectivity index (χ0) is 19.5. The number of carbonyl (C=O) groups is 1. The molecule has 0 bridgehead atoms. The number of nitrogens with two attached hydrogens (primary N) is 1. The molecule has 0 aliphatic heterocycles. The van der Waals surface area contributed by atoms with Gasteiger partial charge in [0.05, 0.1) is 11.0 Å². The number of Topliss-reactive ketones (excluding diaryl/α,β-unsaturated/α-hetero) is 1. The van der Waals surface area contributed by atoms with Crippen LogP contribution in [0.3, 0.4) is 0 Å². The Balaban J connectivity index is 0.000000139. The van der Waals surface area contributed by atoms with Gasteiger partial charge in [-0.15, -0.1) is 0 Å². The molecule has 2 heterocycles. The number of nitrogens with zero attached hydrogens (tertiary/aromatic N) is 2. The molecule has 136 valence electrons. The van der Waals surface area contributed by atoms with Gasteiger partial charge in [-0.05, 0) is 36.3 Å². The fraction of sp³-hybridized carbons (Fsp3) is 0.0435. The van der Waals surface area contributed by atoms with Crippen molar-refractivity contribution >= 4 is 39.1 Å². The molecule has 0 atom stereocenters. The molecule has 0 saturated heterocycles. The standard InChI is InChI=1S/C12H9N3.C11H9NO/c13-10-6-5-9-4-3-8-2-1-7-14-11(8)12(9)15-10;12-10-7-6-8-4-2-1-3-5-9(8)11(10)13/h1-7H,(H2,13,15);2-7,12H,1H2. The lowest BCUT2D eigenvalue weighted by atomic mass is 9.95. The SMILES string of the molecule is N=C1C=CC2=C(C=CCC=C2)C1=O.Nc1ccc2ccc3cccnc3c2n1. The highest BCUT2D eigenvalue weighted by atomic mass is 16.1. The van der Waals surface area contributed by atoms with Crippen LogP contribution in [-0.4, -0.2) is 21.5 Å². The van der Waals surface area contributed by atoms with Crippen LogP contribution in [0.5, 0.6) is 0 Å². The summed E-state index contributed by atoms with van der Waals surface area (Å²) >= 11 is 0. The quantitative estimate of drug-likeness (QED) is 0.458. The van der Waals surface area contributed by atoms with E-state index in [4.69, 9.17) is 11.1 Å². The van der Waals surface area contributed by atoms with E-state index >= 15 is 0 Å². The van der Waals surface area contributed by atoms with Crippen molar-refractivity contribution in [3.8, 4) is 0 Å². The molecule has 28 heavy (non-hydrogen) atoms. The van der Waals surface area contributed by atoms with Gasteiger partial charge in [-0.2, -0.15) is 0 Å². The van der Waals surface area contributed by atoms with E-state index in [1.165, 1.54) is 0 Å². The van der Waals surface area contributed by atoms with E-state index in [1.807, 2.05) is 54.6 Å². The van der Waals surface area contributed by atoms with E-state index in [9.17, 15) is 4.79 Å². The molecular formula is C23H18N4O. The average Bonchev–Trinajstić information content (AvgIpc) is 2.97. The maximum absolute atomic E-state index is 11.5. The van der Waals surface area contributed by atoms with Gasteiger partial charge >= 0.3 is 0 Å². The second kappa shape index (κ2) is 7.40. The summed E-state index contributed by atoms with van der Waals surface area (Å²) in [6.07, 6.45) is 13.6. The van der Waals surface area contributed by atoms with Crippen LogP contribution in [0, 0.1) is 5.41 Å². The van der Waals surface area contributed by atoms with Crippen LogP contribution in [0.4, 0.5) is 5.82 Å². The lowest BCUT2D eigenvalue weighted by molar-refractivity contribution is -0.109. The lowest BCUT2D eigenvalue weighted by Crippen LogP contribution is -2.16. The maximum Gasteiger partial charge on any atom is 0.211 e. The van der Waals surface area contributed by atoms with Crippen molar-refractivity contribution in [1.29, 1.82) is 5.41 Å². The van der Waals surface area contributed by atoms with E-state index in [-0.39, 0.29) is 11.5 Å². The topological polar surface area (TPSA) is 92.7 Å². The van der Waals surface area contributed by atoms with Gasteiger partial charge in [-0.25, -0.2) is 4.98 Å². The van der Waals surface area contributed by atoms with Crippen LogP contribution in [0.2, 0.25) is 0 Å². The summed E-state index contributed by atoms with van der Waals surface area (Å²) in [5, 5.41) is 9.51. The number of ketones is 1. The summed E-state index contributed by atoms with van der Waals surface area (Å²) in [5.74, 6) is 0.348. The van der Waals surface area contributed by atoms with Crippen LogP contribution >= 0.6 is 0 Å². The smallest absolute Gasteiger partial charge is 0.211 e. The van der Waals surface area contributed by atoms with Crippen molar-refractivity contribution in [2.24, 2.45) is 0 Å². The van der Waals surface area contributed by atoms with Crippen LogP contribution in [0.15, 0.2) is 90.2 Å². The average molecular weight is 366 g/mol. The van der Waals surface area contributed by atoms with Crippen LogP contribution < -0.4 is 5.73 Å². The maximum atomic E-state index is 11.5. The number of fused-ring (bicyclic) bond motifs is 3. The molecule has 5 rings (SSSR count). The van der Waals surface area contributed by atoms with Crippen molar-refractivity contribution in [2.45, 2.75) is 6.42 Å². The van der Waals surface area contributed by atoms with Crippen molar-refractivity contribution in [3.05, 3.63) is 90.2 Å². The third kappa shape index (κ3) is 3.38. The molecule has 2 aliphatic carbocycles. The monoisotopic (exact) mass is 366 g/mol. The van der Waals surface area contributed by atoms with Crippen LogP contribution in [-0.2, 0) is 4.79 Å². The van der Waals surface area contributed by atoms with E-state index in [0.29, 0.717) is 11.4 Å². The third-order valence-electron chi connectivity index (χ3n) is 4.54. The second-order valence-electron chi connectivity index (χ2n) is 6.43. The molecule has 0 amide bonds. The zero-order valence-electron chi connectivity index (χ0n) is 15.1. The highest BCUT2D eigenvalue weighted by Crippen LogP contribution is 2.22. The summed E-state index contributed by atoms with van der Waals surface area (Å²) in [4.78, 5) is 20.1. The predicted octanol–water partition coefficient (Wildman–Crippen LogP) is 4.32. The van der Waals surface area contributed by atoms with Gasteiger partial charge in [0.1, 0.15) is 11.5 Å². The minimum atomic E-state index is -0.180. The van der Waals surface area contributed by atoms with Gasteiger partial charge in [0.25, 0.3) is 0 Å². The van der Waals surface area contributed by atoms with Crippen molar-refractivity contribution in [2.75, 3.05) is 5.73 Å². The molecule has 2 aromatic heterocycles. The van der Waals surface area contributed by atoms with Crippen LogP contribution in [0.25, 0.3) is 21.8 Å². The Labute approximate surface area is 162 Å². The number of anilines is 1. The van der Waals surface area contributed by atoms with Crippen molar-refractivity contribution < 1.29 is 4.79 Å². The Kier molecular flexibility index (Phi) is 4.64. The number of benzene rings is 1. The van der Waals surface area contributed by atoms with Crippen molar-refractivity contribution in [3.63, 3.8) is 0 Å². The van der Waals surface area contributed by atoms with E-state index in [1.54, 1.807) is 24.4 Å². The normalized spacial score (nSPS) is 15.4. The third-order valence-corrected chi connectivity index (χ3v) is 4.54. The van der Waals surface area contributed by atoms with Gasteiger partial charge in [-0.3, -0.25) is 15.2 Å². The Hall–Kier alpha value is -3.86. The van der Waals surface area contributed by atoms with Gasteiger partial charge < -0.3 is 5.73 Å². The molecular weight excluding hydrogens is 348 g/mol. The van der Waals surface area contributed by atoms with Gasteiger partial charge in [0.15, 0.2) is 0 Å². The highest BCUT2D eigenvalue weighted by Gasteiger charge is 2.18. The predicted molar refractivity (Wildman–Crippen MR) is 113 cm³/mol. The Morgan fingerprint density at radius 3 is 2.50 bits per heavy atom. The van der Waals surface area contributed by atoms with E-state index < -0.39 is 0 Å². The molecule has 5 heteroatoms. The summed E-state index contributed by atoms with van der Waals surface area (Å²) in [7, 11) is 0. The fourth-order valence-electron chi connectivity index (χ4n) is 3.13. The highest BCUT2D eigenvalue weighted by molar-refractivity contribution is 6.50. The molecule has 0 saturated carbocycles. The number of rotatable bonds is 0. The number of pyridine rings is 2. The number of hydrogen-bond donors (Lipinski definition) is 2. The number of aromatic nitrogens is 2. The van der Waals surface area contributed by atoms with E-state index in [2.05, 4.69) is 9.97 Å². The Morgan fingerprint density at radius 2 is 1.64 bits per heavy atom. The molecule has 5 nitrogen and oxygen atoms in total. The van der Waals surface area contributed by atoms with E-state index in [0.717, 1.165) is 33.8 Å². The van der Waals surface area contributed by atoms with Gasteiger partial charge in [0, 0.05) is 22.5 Å². The fourth-order valence-corrected chi connectivity index (χ4v) is 3.13. The summed E-state index contributed by atoms with van der Waals surface area (Å²) in [6.45, 7) is 0. The molecule has 0 fully saturated rings. The zero-order valence-corrected chi connectivity index (χ0v) is 15.1. The summed E-state index contributed by atoms with van der Waals surface area (Å²) in [5.41, 5.74) is 9.07. The largest absolute Gasteiger partial charge is 0.384 e.